The van der Waals surface area contributed by atoms with Gasteiger partial charge >= 0.3 is 0 Å². The fourth-order valence-corrected chi connectivity index (χ4v) is 3.27. The van der Waals surface area contributed by atoms with Gasteiger partial charge in [-0.05, 0) is 55.8 Å². The summed E-state index contributed by atoms with van der Waals surface area (Å²) in [5.74, 6) is -0.487. The van der Waals surface area contributed by atoms with E-state index in [1.54, 1.807) is 17.6 Å². The molecule has 0 radical (unpaired) electrons. The van der Waals surface area contributed by atoms with Crippen LogP contribution < -0.4 is 15.3 Å². The second-order valence-electron chi connectivity index (χ2n) is 6.32. The number of carbonyl (C=O) groups is 1. The Morgan fingerprint density at radius 3 is 2.50 bits per heavy atom. The van der Waals surface area contributed by atoms with Crippen molar-refractivity contribution in [2.24, 2.45) is 0 Å². The van der Waals surface area contributed by atoms with E-state index in [9.17, 15) is 4.79 Å². The molecular formula is C19H23N3O2. The van der Waals surface area contributed by atoms with E-state index in [2.05, 4.69) is 47.9 Å². The summed E-state index contributed by atoms with van der Waals surface area (Å²) in [6, 6.07) is 16.4. The quantitative estimate of drug-likeness (QED) is 0.673. The maximum atomic E-state index is 11.4. The van der Waals surface area contributed by atoms with Crippen LogP contribution in [0.4, 0.5) is 11.4 Å². The molecule has 24 heavy (non-hydrogen) atoms. The molecule has 1 amide bonds. The van der Waals surface area contributed by atoms with Crippen molar-refractivity contribution in [2.45, 2.75) is 19.9 Å². The van der Waals surface area contributed by atoms with Crippen molar-refractivity contribution >= 4 is 17.3 Å². The van der Waals surface area contributed by atoms with Crippen molar-refractivity contribution < 1.29 is 10.0 Å². The average molecular weight is 325 g/mol. The van der Waals surface area contributed by atoms with Gasteiger partial charge in [-0.1, -0.05) is 12.1 Å². The molecule has 2 aromatic carbocycles. The number of anilines is 2. The van der Waals surface area contributed by atoms with Crippen LogP contribution in [-0.2, 0) is 0 Å². The second-order valence-corrected chi connectivity index (χ2v) is 6.32. The summed E-state index contributed by atoms with van der Waals surface area (Å²) in [6.07, 6.45) is 0. The van der Waals surface area contributed by atoms with Gasteiger partial charge in [0.25, 0.3) is 5.91 Å². The van der Waals surface area contributed by atoms with Crippen molar-refractivity contribution in [1.82, 2.24) is 5.48 Å². The molecule has 5 heteroatoms. The lowest BCUT2D eigenvalue weighted by Crippen LogP contribution is -2.52. The van der Waals surface area contributed by atoms with E-state index in [0.717, 1.165) is 25.3 Å². The minimum absolute atomic E-state index is 0.404. The zero-order valence-electron chi connectivity index (χ0n) is 14.1. The van der Waals surface area contributed by atoms with Gasteiger partial charge in [0.1, 0.15) is 0 Å². The molecule has 1 saturated heterocycles. The fraction of sp³-hybridized carbons (Fsp3) is 0.316. The van der Waals surface area contributed by atoms with Gasteiger partial charge in [0.15, 0.2) is 0 Å². The predicted molar refractivity (Wildman–Crippen MR) is 95.9 cm³/mol. The van der Waals surface area contributed by atoms with Crippen LogP contribution in [0.5, 0.6) is 0 Å². The number of hydrogen-bond donors (Lipinski definition) is 2. The highest BCUT2D eigenvalue weighted by atomic mass is 16.5. The van der Waals surface area contributed by atoms with Crippen molar-refractivity contribution in [1.29, 1.82) is 0 Å². The van der Waals surface area contributed by atoms with E-state index >= 15 is 0 Å². The molecule has 0 bridgehead atoms. The number of hydroxylamine groups is 1. The molecule has 0 aliphatic carbocycles. The lowest BCUT2D eigenvalue weighted by atomic mass is 10.1. The third-order valence-corrected chi connectivity index (χ3v) is 4.56. The fourth-order valence-electron chi connectivity index (χ4n) is 3.27. The molecule has 2 aromatic rings. The molecule has 1 atom stereocenters. The summed E-state index contributed by atoms with van der Waals surface area (Å²) in [6.45, 7) is 7.18. The molecule has 3 rings (SSSR count). The van der Waals surface area contributed by atoms with Crippen LogP contribution in [0.15, 0.2) is 48.5 Å². The largest absolute Gasteiger partial charge is 0.368 e. The minimum Gasteiger partial charge on any atom is -0.368 e. The third kappa shape index (κ3) is 3.36. The normalized spacial score (nSPS) is 17.7. The summed E-state index contributed by atoms with van der Waals surface area (Å²) in [7, 11) is 0. The van der Waals surface area contributed by atoms with Crippen LogP contribution >= 0.6 is 0 Å². The Morgan fingerprint density at radius 2 is 1.88 bits per heavy atom. The molecule has 5 nitrogen and oxygen atoms in total. The van der Waals surface area contributed by atoms with E-state index in [0.29, 0.717) is 11.6 Å². The Kier molecular flexibility index (Phi) is 4.71. The monoisotopic (exact) mass is 325 g/mol. The number of nitrogens with zero attached hydrogens (tertiary/aromatic N) is 2. The molecular weight excluding hydrogens is 302 g/mol. The lowest BCUT2D eigenvalue weighted by Gasteiger charge is -2.42. The van der Waals surface area contributed by atoms with Gasteiger partial charge in [-0.25, -0.2) is 5.48 Å². The first-order valence-corrected chi connectivity index (χ1v) is 8.21. The van der Waals surface area contributed by atoms with E-state index in [4.69, 9.17) is 5.21 Å². The third-order valence-electron chi connectivity index (χ3n) is 4.56. The van der Waals surface area contributed by atoms with Gasteiger partial charge in [0.05, 0.1) is 0 Å². The first-order chi connectivity index (χ1) is 11.6. The lowest BCUT2D eigenvalue weighted by molar-refractivity contribution is 0.0706. The highest BCUT2D eigenvalue weighted by Crippen LogP contribution is 2.25. The Balaban J connectivity index is 1.70. The Morgan fingerprint density at radius 1 is 1.12 bits per heavy atom. The maximum Gasteiger partial charge on any atom is 0.274 e. The molecule has 0 spiro atoms. The van der Waals surface area contributed by atoms with E-state index < -0.39 is 5.91 Å². The van der Waals surface area contributed by atoms with E-state index in [1.807, 2.05) is 12.1 Å². The van der Waals surface area contributed by atoms with Crippen LogP contribution in [0.1, 0.15) is 22.8 Å². The van der Waals surface area contributed by atoms with Gasteiger partial charge in [-0.3, -0.25) is 10.0 Å². The maximum absolute atomic E-state index is 11.4. The van der Waals surface area contributed by atoms with Crippen molar-refractivity contribution in [3.8, 4) is 0 Å². The van der Waals surface area contributed by atoms with Crippen molar-refractivity contribution in [3.63, 3.8) is 0 Å². The smallest absolute Gasteiger partial charge is 0.274 e. The predicted octanol–water partition coefficient (Wildman–Crippen LogP) is 2.83. The second kappa shape index (κ2) is 6.93. The van der Waals surface area contributed by atoms with Crippen LogP contribution in [0.25, 0.3) is 0 Å². The number of rotatable bonds is 3. The molecule has 1 heterocycles. The van der Waals surface area contributed by atoms with Crippen molar-refractivity contribution in [2.75, 3.05) is 29.4 Å². The zero-order valence-corrected chi connectivity index (χ0v) is 14.1. The number of benzene rings is 2. The Hall–Kier alpha value is -2.53. The average Bonchev–Trinajstić information content (AvgIpc) is 2.61. The molecule has 1 aliphatic rings. The number of carbonyl (C=O) groups excluding carboxylic acids is 1. The number of nitrogens with one attached hydrogen (secondary N) is 1. The van der Waals surface area contributed by atoms with Crippen molar-refractivity contribution in [3.05, 3.63) is 59.7 Å². The molecule has 1 fully saturated rings. The summed E-state index contributed by atoms with van der Waals surface area (Å²) in [4.78, 5) is 16.2. The van der Waals surface area contributed by atoms with E-state index in [-0.39, 0.29) is 0 Å². The standard InChI is InChI=1S/C19H23N3O2/c1-14-4-3-5-18(12-14)22-11-10-21(13-15(22)2)17-8-6-16(7-9-17)19(23)20-24/h3-9,12,15,24H,10-11,13H2,1-2H3,(H,20,23)/t15-/m1/s1. The van der Waals surface area contributed by atoms with Crippen LogP contribution in [0.3, 0.4) is 0 Å². The molecule has 1 aliphatic heterocycles. The SMILES string of the molecule is Cc1cccc(N2CCN(c3ccc(C(=O)NO)cc3)C[C@H]2C)c1. The van der Waals surface area contributed by atoms with Gasteiger partial charge in [0.2, 0.25) is 0 Å². The van der Waals surface area contributed by atoms with Gasteiger partial charge in [-0.15, -0.1) is 0 Å². The number of amides is 1. The van der Waals surface area contributed by atoms with Crippen LogP contribution in [-0.4, -0.2) is 36.8 Å². The summed E-state index contributed by atoms with van der Waals surface area (Å²) < 4.78 is 0. The number of piperazine rings is 1. The molecule has 0 saturated carbocycles. The van der Waals surface area contributed by atoms with E-state index in [1.165, 1.54) is 11.3 Å². The van der Waals surface area contributed by atoms with Gasteiger partial charge < -0.3 is 9.80 Å². The highest BCUT2D eigenvalue weighted by Gasteiger charge is 2.24. The topological polar surface area (TPSA) is 55.8 Å². The summed E-state index contributed by atoms with van der Waals surface area (Å²) in [5.41, 5.74) is 5.76. The first-order valence-electron chi connectivity index (χ1n) is 8.21. The van der Waals surface area contributed by atoms with Gasteiger partial charge in [-0.2, -0.15) is 0 Å². The summed E-state index contributed by atoms with van der Waals surface area (Å²) >= 11 is 0. The number of hydrogen-bond acceptors (Lipinski definition) is 4. The van der Waals surface area contributed by atoms with Gasteiger partial charge in [0, 0.05) is 42.6 Å². The molecule has 0 aromatic heterocycles. The zero-order chi connectivity index (χ0) is 17.1. The Bertz CT molecular complexity index is 715. The summed E-state index contributed by atoms with van der Waals surface area (Å²) in [5, 5.41) is 8.68. The van der Waals surface area contributed by atoms with Crippen LogP contribution in [0.2, 0.25) is 0 Å². The molecule has 2 N–H and O–H groups in total. The first kappa shape index (κ1) is 16.3. The number of aryl methyl sites for hydroxylation is 1. The van der Waals surface area contributed by atoms with Crippen LogP contribution in [0, 0.1) is 6.92 Å². The minimum atomic E-state index is -0.487. The highest BCUT2D eigenvalue weighted by molar-refractivity contribution is 5.93. The Labute approximate surface area is 142 Å². The molecule has 126 valence electrons. The molecule has 0 unspecified atom stereocenters.